The van der Waals surface area contributed by atoms with Crippen molar-refractivity contribution in [1.29, 1.82) is 0 Å². The molecule has 4 rings (SSSR count). The first-order valence-electron chi connectivity index (χ1n) is 7.90. The topological polar surface area (TPSA) is 34.0 Å². The fourth-order valence-corrected chi connectivity index (χ4v) is 3.11. The Hall–Kier alpha value is -2.46. The molecule has 0 fully saturated rings. The van der Waals surface area contributed by atoms with Gasteiger partial charge in [-0.1, -0.05) is 23.8 Å². The molecular weight excluding hydrogens is 284 g/mol. The van der Waals surface area contributed by atoms with E-state index in [0.29, 0.717) is 0 Å². The summed E-state index contributed by atoms with van der Waals surface area (Å²) in [5, 5.41) is 1.17. The zero-order chi connectivity index (χ0) is 16.1. The van der Waals surface area contributed by atoms with E-state index in [9.17, 15) is 0 Å². The number of para-hydroxylation sites is 2. The molecule has 116 valence electrons. The fraction of sp³-hybridized carbons (Fsp3) is 0.263. The van der Waals surface area contributed by atoms with Crippen molar-refractivity contribution in [3.8, 4) is 0 Å². The molecule has 0 radical (unpaired) electrons. The molecular formula is C19H20N4. The third kappa shape index (κ3) is 2.10. The fourth-order valence-electron chi connectivity index (χ4n) is 3.11. The monoisotopic (exact) mass is 304 g/mol. The van der Waals surface area contributed by atoms with Crippen LogP contribution in [0.2, 0.25) is 0 Å². The van der Waals surface area contributed by atoms with Crippen LogP contribution in [0.5, 0.6) is 0 Å². The summed E-state index contributed by atoms with van der Waals surface area (Å²) in [7, 11) is 4.18. The van der Waals surface area contributed by atoms with Crippen molar-refractivity contribution in [2.45, 2.75) is 20.0 Å². The van der Waals surface area contributed by atoms with Gasteiger partial charge in [0.2, 0.25) is 0 Å². The standard InChI is InChI=1S/C19H20N4/c1-12-9-10-17-14(11-12)18-19(23(17)13(2)22(3)4)21-16-8-6-5-7-15(16)20-18/h5-11,13H,1-4H3. The van der Waals surface area contributed by atoms with Gasteiger partial charge in [-0.2, -0.15) is 0 Å². The summed E-state index contributed by atoms with van der Waals surface area (Å²) >= 11 is 0. The van der Waals surface area contributed by atoms with Crippen LogP contribution in [0.4, 0.5) is 0 Å². The van der Waals surface area contributed by atoms with E-state index in [1.807, 2.05) is 24.3 Å². The van der Waals surface area contributed by atoms with E-state index in [0.717, 1.165) is 22.2 Å². The molecule has 4 nitrogen and oxygen atoms in total. The molecule has 4 heteroatoms. The van der Waals surface area contributed by atoms with Gasteiger partial charge >= 0.3 is 0 Å². The maximum atomic E-state index is 4.92. The second kappa shape index (κ2) is 5.03. The molecule has 0 spiro atoms. The van der Waals surface area contributed by atoms with Crippen LogP contribution in [0, 0.1) is 6.92 Å². The zero-order valence-electron chi connectivity index (χ0n) is 13.9. The highest BCUT2D eigenvalue weighted by Gasteiger charge is 2.19. The number of nitrogens with zero attached hydrogens (tertiary/aromatic N) is 4. The van der Waals surface area contributed by atoms with Gasteiger partial charge < -0.3 is 4.57 Å². The van der Waals surface area contributed by atoms with E-state index in [4.69, 9.17) is 9.97 Å². The number of rotatable bonds is 2. The molecule has 0 aliphatic heterocycles. The predicted molar refractivity (Wildman–Crippen MR) is 95.7 cm³/mol. The van der Waals surface area contributed by atoms with E-state index in [1.54, 1.807) is 0 Å². The lowest BCUT2D eigenvalue weighted by atomic mass is 10.1. The van der Waals surface area contributed by atoms with Crippen molar-refractivity contribution in [3.05, 3.63) is 48.0 Å². The molecule has 0 amide bonds. The zero-order valence-corrected chi connectivity index (χ0v) is 13.9. The van der Waals surface area contributed by atoms with Crippen LogP contribution in [0.1, 0.15) is 18.7 Å². The molecule has 2 aromatic carbocycles. The Labute approximate surface area is 135 Å². The maximum Gasteiger partial charge on any atom is 0.161 e. The predicted octanol–water partition coefficient (Wildman–Crippen LogP) is 4.13. The Morgan fingerprint density at radius 3 is 2.39 bits per heavy atom. The number of fused-ring (bicyclic) bond motifs is 4. The molecule has 2 aromatic heterocycles. The van der Waals surface area contributed by atoms with Crippen LogP contribution >= 0.6 is 0 Å². The third-order valence-corrected chi connectivity index (χ3v) is 4.57. The maximum absolute atomic E-state index is 4.92. The molecule has 0 aliphatic carbocycles. The average Bonchev–Trinajstić information content (AvgIpc) is 2.84. The molecule has 0 bridgehead atoms. The quantitative estimate of drug-likeness (QED) is 0.558. The normalized spacial score (nSPS) is 13.4. The number of benzene rings is 2. The molecule has 4 aromatic rings. The summed E-state index contributed by atoms with van der Waals surface area (Å²) in [5.74, 6) is 0. The Balaban J connectivity index is 2.21. The van der Waals surface area contributed by atoms with E-state index in [-0.39, 0.29) is 6.17 Å². The lowest BCUT2D eigenvalue weighted by molar-refractivity contribution is 0.249. The second-order valence-electron chi connectivity index (χ2n) is 6.37. The van der Waals surface area contributed by atoms with Gasteiger partial charge in [0.25, 0.3) is 0 Å². The van der Waals surface area contributed by atoms with Gasteiger partial charge in [0.05, 0.1) is 22.7 Å². The Bertz CT molecular complexity index is 1030. The Morgan fingerprint density at radius 2 is 1.70 bits per heavy atom. The molecule has 1 atom stereocenters. The third-order valence-electron chi connectivity index (χ3n) is 4.57. The van der Waals surface area contributed by atoms with Crippen molar-refractivity contribution in [2.75, 3.05) is 14.1 Å². The highest BCUT2D eigenvalue weighted by molar-refractivity contribution is 6.06. The number of hydrogen-bond acceptors (Lipinski definition) is 3. The Morgan fingerprint density at radius 1 is 1.00 bits per heavy atom. The molecule has 0 saturated heterocycles. The van der Waals surface area contributed by atoms with E-state index in [2.05, 4.69) is 55.6 Å². The molecule has 2 heterocycles. The van der Waals surface area contributed by atoms with E-state index >= 15 is 0 Å². The minimum absolute atomic E-state index is 0.202. The first-order valence-corrected chi connectivity index (χ1v) is 7.90. The molecule has 23 heavy (non-hydrogen) atoms. The van der Waals surface area contributed by atoms with Crippen molar-refractivity contribution in [2.24, 2.45) is 0 Å². The highest BCUT2D eigenvalue weighted by Crippen LogP contribution is 2.32. The van der Waals surface area contributed by atoms with Crippen LogP contribution in [0.25, 0.3) is 33.1 Å². The Kier molecular flexibility index (Phi) is 3.10. The lowest BCUT2D eigenvalue weighted by Gasteiger charge is -2.23. The molecule has 0 saturated carbocycles. The molecule has 0 N–H and O–H groups in total. The summed E-state index contributed by atoms with van der Waals surface area (Å²) in [6.07, 6.45) is 0.202. The number of hydrogen-bond donors (Lipinski definition) is 0. The van der Waals surface area contributed by atoms with Gasteiger partial charge in [-0.05, 0) is 52.2 Å². The first kappa shape index (κ1) is 14.2. The van der Waals surface area contributed by atoms with Crippen molar-refractivity contribution in [1.82, 2.24) is 19.4 Å². The smallest absolute Gasteiger partial charge is 0.161 e. The van der Waals surface area contributed by atoms with Gasteiger partial charge in [-0.15, -0.1) is 0 Å². The second-order valence-corrected chi connectivity index (χ2v) is 6.37. The van der Waals surface area contributed by atoms with Gasteiger partial charge in [0, 0.05) is 5.39 Å². The van der Waals surface area contributed by atoms with E-state index < -0.39 is 0 Å². The van der Waals surface area contributed by atoms with Gasteiger partial charge in [-0.25, -0.2) is 9.97 Å². The highest BCUT2D eigenvalue weighted by atomic mass is 15.3. The summed E-state index contributed by atoms with van der Waals surface area (Å²) in [6.45, 7) is 4.31. The summed E-state index contributed by atoms with van der Waals surface area (Å²) in [4.78, 5) is 12.0. The SMILES string of the molecule is Cc1ccc2c(c1)c1nc3ccccc3nc1n2C(C)N(C)C. The summed E-state index contributed by atoms with van der Waals surface area (Å²) in [5.41, 5.74) is 6.23. The van der Waals surface area contributed by atoms with Crippen LogP contribution in [-0.2, 0) is 0 Å². The minimum atomic E-state index is 0.202. The number of aryl methyl sites for hydroxylation is 1. The van der Waals surface area contributed by atoms with Gasteiger partial charge in [0.1, 0.15) is 5.52 Å². The summed E-state index contributed by atoms with van der Waals surface area (Å²) < 4.78 is 2.28. The number of aromatic nitrogens is 3. The average molecular weight is 304 g/mol. The van der Waals surface area contributed by atoms with Crippen molar-refractivity contribution < 1.29 is 0 Å². The van der Waals surface area contributed by atoms with Crippen LogP contribution < -0.4 is 0 Å². The van der Waals surface area contributed by atoms with Crippen LogP contribution in [-0.4, -0.2) is 33.5 Å². The van der Waals surface area contributed by atoms with E-state index in [1.165, 1.54) is 16.5 Å². The van der Waals surface area contributed by atoms with Gasteiger partial charge in [-0.3, -0.25) is 4.90 Å². The van der Waals surface area contributed by atoms with Crippen molar-refractivity contribution in [3.63, 3.8) is 0 Å². The van der Waals surface area contributed by atoms with Gasteiger partial charge in [0.15, 0.2) is 5.65 Å². The molecule has 1 unspecified atom stereocenters. The van der Waals surface area contributed by atoms with Crippen LogP contribution in [0.15, 0.2) is 42.5 Å². The van der Waals surface area contributed by atoms with Crippen LogP contribution in [0.3, 0.4) is 0 Å². The first-order chi connectivity index (χ1) is 11.1. The molecule has 0 aliphatic rings. The summed E-state index contributed by atoms with van der Waals surface area (Å²) in [6, 6.07) is 14.6. The van der Waals surface area contributed by atoms with Crippen molar-refractivity contribution >= 4 is 33.1 Å². The lowest BCUT2D eigenvalue weighted by Crippen LogP contribution is -2.22. The minimum Gasteiger partial charge on any atom is -0.308 e. The largest absolute Gasteiger partial charge is 0.308 e.